The predicted octanol–water partition coefficient (Wildman–Crippen LogP) is 2.94. The van der Waals surface area contributed by atoms with Crippen molar-refractivity contribution in [3.63, 3.8) is 0 Å². The number of nitrogens with zero attached hydrogens (tertiary/aromatic N) is 2. The minimum atomic E-state index is -0.469. The summed E-state index contributed by atoms with van der Waals surface area (Å²) in [7, 11) is 0. The lowest BCUT2D eigenvalue weighted by Crippen LogP contribution is -2.53. The Kier molecular flexibility index (Phi) is 5.33. The van der Waals surface area contributed by atoms with E-state index in [1.54, 1.807) is 6.07 Å². The van der Waals surface area contributed by atoms with Crippen LogP contribution < -0.4 is 21.7 Å². The zero-order valence-electron chi connectivity index (χ0n) is 16.7. The van der Waals surface area contributed by atoms with E-state index in [0.29, 0.717) is 11.1 Å². The van der Waals surface area contributed by atoms with E-state index < -0.39 is 5.91 Å². The molecule has 8 heteroatoms. The molecule has 3 aromatic rings. The Hall–Kier alpha value is -3.33. The second kappa shape index (κ2) is 8.43. The maximum atomic E-state index is 11.8. The normalized spacial score (nSPS) is 20.4. The van der Waals surface area contributed by atoms with Crippen LogP contribution in [0.1, 0.15) is 33.4 Å². The number of benzene rings is 2. The molecule has 3 heterocycles. The zero-order chi connectivity index (χ0) is 21.2. The van der Waals surface area contributed by atoms with Gasteiger partial charge in [-0.3, -0.25) is 20.4 Å². The first-order valence-corrected chi connectivity index (χ1v) is 10.9. The molecule has 0 fully saturated rings. The molecule has 0 aliphatic carbocycles. The first-order valence-electron chi connectivity index (χ1n) is 10.1. The average Bonchev–Trinajstić information content (AvgIpc) is 3.08. The summed E-state index contributed by atoms with van der Waals surface area (Å²) in [4.78, 5) is 17.1. The molecular weight excluding hydrogens is 408 g/mol. The van der Waals surface area contributed by atoms with Crippen molar-refractivity contribution in [3.8, 4) is 0 Å². The van der Waals surface area contributed by atoms with Gasteiger partial charge in [0.15, 0.2) is 0 Å². The van der Waals surface area contributed by atoms with Crippen molar-refractivity contribution in [1.29, 1.82) is 0 Å². The van der Waals surface area contributed by atoms with Gasteiger partial charge in [-0.15, -0.1) is 0 Å². The number of allylic oxidation sites excluding steroid dienone is 1. The molecule has 156 valence electrons. The molecule has 1 amide bonds. The van der Waals surface area contributed by atoms with E-state index in [-0.39, 0.29) is 12.3 Å². The van der Waals surface area contributed by atoms with Crippen molar-refractivity contribution in [2.75, 3.05) is 0 Å². The van der Waals surface area contributed by atoms with Crippen LogP contribution in [0.5, 0.6) is 0 Å². The summed E-state index contributed by atoms with van der Waals surface area (Å²) < 4.78 is 4.54. The Balaban J connectivity index is 1.48. The number of aromatic nitrogens is 1. The minimum Gasteiger partial charge on any atom is -0.366 e. The minimum absolute atomic E-state index is 0.0490. The standard InChI is InChI=1S/C23H22N6OS/c24-21(30)17-8-4-7-16-19(17)29-31-20(16)23-27-18-10-12-25-11-9-15(18)22(28-23)26-13-14-5-2-1-3-6-14/h1-8,10-12,22-23,26-28H,9,13H2,(H2,24,30). The fourth-order valence-electron chi connectivity index (χ4n) is 3.96. The fraction of sp³-hybridized carbons (Fsp3) is 0.174. The molecule has 0 radical (unpaired) electrons. The summed E-state index contributed by atoms with van der Waals surface area (Å²) in [6, 6.07) is 15.9. The number of hydrogen-bond acceptors (Lipinski definition) is 7. The van der Waals surface area contributed by atoms with Gasteiger partial charge in [0, 0.05) is 36.5 Å². The van der Waals surface area contributed by atoms with Gasteiger partial charge in [0.25, 0.3) is 5.91 Å². The van der Waals surface area contributed by atoms with Gasteiger partial charge < -0.3 is 11.1 Å². The van der Waals surface area contributed by atoms with Crippen molar-refractivity contribution in [2.24, 2.45) is 10.7 Å². The van der Waals surface area contributed by atoms with E-state index in [0.717, 1.165) is 28.9 Å². The van der Waals surface area contributed by atoms with Gasteiger partial charge in [-0.25, -0.2) is 0 Å². The molecule has 1 aromatic heterocycles. The maximum absolute atomic E-state index is 11.8. The van der Waals surface area contributed by atoms with Crippen LogP contribution in [0.15, 0.2) is 77.1 Å². The number of primary amides is 1. The Morgan fingerprint density at radius 2 is 2.06 bits per heavy atom. The third kappa shape index (κ3) is 3.88. The molecule has 0 bridgehead atoms. The number of rotatable bonds is 5. The van der Waals surface area contributed by atoms with Crippen LogP contribution in [0.4, 0.5) is 0 Å². The molecule has 2 aromatic carbocycles. The van der Waals surface area contributed by atoms with Gasteiger partial charge in [0.1, 0.15) is 6.17 Å². The van der Waals surface area contributed by atoms with Gasteiger partial charge in [-0.2, -0.15) is 4.37 Å². The van der Waals surface area contributed by atoms with Crippen LogP contribution in [0.3, 0.4) is 0 Å². The van der Waals surface area contributed by atoms with Crippen LogP contribution in [-0.2, 0) is 6.54 Å². The Morgan fingerprint density at radius 1 is 1.19 bits per heavy atom. The molecule has 2 atom stereocenters. The number of carbonyl (C=O) groups excluding carboxylic acids is 1. The number of hydrogen-bond donors (Lipinski definition) is 4. The largest absolute Gasteiger partial charge is 0.366 e. The molecule has 5 N–H and O–H groups in total. The second-order valence-electron chi connectivity index (χ2n) is 7.45. The van der Waals surface area contributed by atoms with E-state index in [1.165, 1.54) is 22.7 Å². The van der Waals surface area contributed by atoms with Crippen LogP contribution in [0, 0.1) is 0 Å². The third-order valence-electron chi connectivity index (χ3n) is 5.49. The highest BCUT2D eigenvalue weighted by Gasteiger charge is 2.30. The van der Waals surface area contributed by atoms with E-state index in [1.807, 2.05) is 48.8 Å². The number of fused-ring (bicyclic) bond motifs is 1. The molecule has 0 saturated heterocycles. The van der Waals surface area contributed by atoms with Gasteiger partial charge in [0.2, 0.25) is 0 Å². The molecule has 2 aliphatic rings. The highest BCUT2D eigenvalue weighted by Crippen LogP contribution is 2.33. The molecule has 5 rings (SSSR count). The maximum Gasteiger partial charge on any atom is 0.250 e. The molecule has 7 nitrogen and oxygen atoms in total. The highest BCUT2D eigenvalue weighted by molar-refractivity contribution is 7.07. The highest BCUT2D eigenvalue weighted by atomic mass is 32.1. The van der Waals surface area contributed by atoms with Crippen LogP contribution >= 0.6 is 11.5 Å². The molecule has 2 unspecified atom stereocenters. The number of nitrogens with one attached hydrogen (secondary N) is 3. The van der Waals surface area contributed by atoms with Gasteiger partial charge >= 0.3 is 0 Å². The molecule has 0 saturated carbocycles. The van der Waals surface area contributed by atoms with E-state index >= 15 is 0 Å². The Bertz CT molecular complexity index is 1210. The second-order valence-corrected chi connectivity index (χ2v) is 8.25. The first-order chi connectivity index (χ1) is 15.2. The van der Waals surface area contributed by atoms with Crippen molar-refractivity contribution < 1.29 is 4.79 Å². The number of nitrogens with two attached hydrogens (primary N) is 1. The van der Waals surface area contributed by atoms with Gasteiger partial charge in [-0.05, 0) is 34.8 Å². The summed E-state index contributed by atoms with van der Waals surface area (Å²) in [6.07, 6.45) is 6.25. The number of amides is 1. The predicted molar refractivity (Wildman–Crippen MR) is 123 cm³/mol. The van der Waals surface area contributed by atoms with E-state index in [2.05, 4.69) is 37.4 Å². The Morgan fingerprint density at radius 3 is 2.90 bits per heavy atom. The molecule has 2 aliphatic heterocycles. The lowest BCUT2D eigenvalue weighted by molar-refractivity contribution is 0.100. The molecule has 0 spiro atoms. The molecule has 31 heavy (non-hydrogen) atoms. The first kappa shape index (κ1) is 19.6. The summed E-state index contributed by atoms with van der Waals surface area (Å²) in [6.45, 7) is 0.734. The summed E-state index contributed by atoms with van der Waals surface area (Å²) in [5.74, 6) is -0.469. The van der Waals surface area contributed by atoms with Crippen LogP contribution in [0.25, 0.3) is 10.9 Å². The SMILES string of the molecule is NC(=O)c1cccc2c(C3NC4=C(CC=NC=C4)C(NCc4ccccc4)N3)snc12. The summed E-state index contributed by atoms with van der Waals surface area (Å²) >= 11 is 1.37. The fourth-order valence-corrected chi connectivity index (χ4v) is 4.84. The topological polar surface area (TPSA) is 104 Å². The number of aliphatic imine (C=N–C) groups is 1. The van der Waals surface area contributed by atoms with Gasteiger partial charge in [0.05, 0.1) is 22.1 Å². The monoisotopic (exact) mass is 430 g/mol. The van der Waals surface area contributed by atoms with Crippen molar-refractivity contribution in [3.05, 3.63) is 88.1 Å². The van der Waals surface area contributed by atoms with Crippen molar-refractivity contribution >= 4 is 34.6 Å². The third-order valence-corrected chi connectivity index (χ3v) is 6.42. The summed E-state index contributed by atoms with van der Waals surface area (Å²) in [5, 5.41) is 11.8. The van der Waals surface area contributed by atoms with E-state index in [9.17, 15) is 4.79 Å². The summed E-state index contributed by atoms with van der Waals surface area (Å²) in [5.41, 5.74) is 10.1. The van der Waals surface area contributed by atoms with E-state index in [4.69, 9.17) is 5.73 Å². The zero-order valence-corrected chi connectivity index (χ0v) is 17.5. The lowest BCUT2D eigenvalue weighted by atomic mass is 10.0. The number of carbonyl (C=O) groups is 1. The van der Waals surface area contributed by atoms with Crippen LogP contribution in [-0.4, -0.2) is 22.7 Å². The lowest BCUT2D eigenvalue weighted by Gasteiger charge is -2.35. The Labute approximate surface area is 183 Å². The quantitative estimate of drug-likeness (QED) is 0.498. The smallest absolute Gasteiger partial charge is 0.250 e. The van der Waals surface area contributed by atoms with Crippen molar-refractivity contribution in [1.82, 2.24) is 20.3 Å². The van der Waals surface area contributed by atoms with Gasteiger partial charge in [-0.1, -0.05) is 42.5 Å². The molecular formula is C23H22N6OS. The van der Waals surface area contributed by atoms with Crippen LogP contribution in [0.2, 0.25) is 0 Å². The average molecular weight is 431 g/mol. The van der Waals surface area contributed by atoms with Crippen molar-refractivity contribution in [2.45, 2.75) is 25.3 Å².